The Hall–Kier alpha value is 1.51. The Labute approximate surface area is 160 Å². The molecule has 0 aromatic rings. The summed E-state index contributed by atoms with van der Waals surface area (Å²) >= 11 is -3.74. The summed E-state index contributed by atoms with van der Waals surface area (Å²) in [6.45, 7) is 0. The molecule has 0 nitrogen and oxygen atoms in total. The van der Waals surface area contributed by atoms with Crippen LogP contribution in [0.2, 0.25) is 34.5 Å². The Morgan fingerprint density at radius 1 is 0.714 bits per heavy atom. The molecule has 0 aromatic carbocycles. The minimum Gasteiger partial charge on any atom is -1.00 e. The number of allylic oxidation sites excluding steroid dienone is 8. The Morgan fingerprint density at radius 2 is 1.05 bits per heavy atom. The molecule has 2 rings (SSSR count). The molecule has 0 aliphatic heterocycles. The Morgan fingerprint density at radius 3 is 1.33 bits per heavy atom. The van der Waals surface area contributed by atoms with E-state index in [2.05, 4.69) is 58.8 Å². The van der Waals surface area contributed by atoms with Gasteiger partial charge in [0, 0.05) is 0 Å². The van der Waals surface area contributed by atoms with Crippen LogP contribution in [0.3, 0.4) is 0 Å². The minimum atomic E-state index is -1.63. The van der Waals surface area contributed by atoms with Gasteiger partial charge in [-0.1, -0.05) is 0 Å². The minimum absolute atomic E-state index is 0. The maximum atomic E-state index is 2.55. The molecule has 21 heavy (non-hydrogen) atoms. The average molecular weight is 526 g/mol. The van der Waals surface area contributed by atoms with E-state index in [9.17, 15) is 0 Å². The quantitative estimate of drug-likeness (QED) is 0.425. The predicted molar refractivity (Wildman–Crippen MR) is 88.3 cm³/mol. The van der Waals surface area contributed by atoms with Crippen LogP contribution in [0.15, 0.2) is 39.7 Å². The van der Waals surface area contributed by atoms with Crippen molar-refractivity contribution in [2.24, 2.45) is 0 Å². The van der Waals surface area contributed by atoms with Gasteiger partial charge in [-0.05, 0) is 0 Å². The molecule has 0 unspecified atom stereocenters. The van der Waals surface area contributed by atoms with Gasteiger partial charge in [0.2, 0.25) is 0 Å². The zero-order chi connectivity index (χ0) is 14.3. The van der Waals surface area contributed by atoms with Gasteiger partial charge in [0.05, 0.1) is 0 Å². The van der Waals surface area contributed by atoms with Crippen LogP contribution in [0.1, 0.15) is 12.8 Å². The smallest absolute Gasteiger partial charge is 1.00 e. The maximum Gasteiger partial charge on any atom is -1.00 e. The van der Waals surface area contributed by atoms with Crippen LogP contribution >= 0.6 is 0 Å². The molecule has 116 valence electrons. The van der Waals surface area contributed by atoms with Crippen molar-refractivity contribution >= 4 is 26.5 Å². The van der Waals surface area contributed by atoms with Gasteiger partial charge in [0.1, 0.15) is 0 Å². The summed E-state index contributed by atoms with van der Waals surface area (Å²) in [5.74, 6) is 15.3. The summed E-state index contributed by atoms with van der Waals surface area (Å²) in [4.78, 5) is 0. The van der Waals surface area contributed by atoms with Gasteiger partial charge >= 0.3 is 137 Å². The second kappa shape index (κ2) is 8.56. The van der Waals surface area contributed by atoms with E-state index in [0.29, 0.717) is 0 Å². The molecular weight excluding hydrogens is 500 g/mol. The average Bonchev–Trinajstić information content (AvgIpc) is 2.83. The van der Waals surface area contributed by atoms with Gasteiger partial charge in [-0.25, -0.2) is 0 Å². The second-order valence-corrected chi connectivity index (χ2v) is 32.3. The van der Waals surface area contributed by atoms with E-state index in [1.165, 1.54) is 12.8 Å². The molecule has 2 aliphatic carbocycles. The van der Waals surface area contributed by atoms with Crippen molar-refractivity contribution in [3.63, 3.8) is 0 Å². The van der Waals surface area contributed by atoms with Gasteiger partial charge in [-0.2, -0.15) is 0 Å². The fraction of sp³-hybridized carbons (Fsp3) is 0.500. The largest absolute Gasteiger partial charge is 1.00 e. The standard InChI is InChI=1S/2C8H13Ge.2ClH.Zr/c2*1-9(2,3)8-6-4-5-7-8;;;/h2*4,6H,5H2,1-3H3;2*1H;/q;;;;+2/p-2. The first-order valence-electron chi connectivity index (χ1n) is 7.27. The molecule has 0 spiro atoms. The third-order valence-electron chi connectivity index (χ3n) is 3.78. The van der Waals surface area contributed by atoms with Crippen LogP contribution in [0, 0.1) is 0 Å². The zero-order valence-electron chi connectivity index (χ0n) is 14.0. The monoisotopic (exact) mass is 526 g/mol. The first kappa shape index (κ1) is 22.5. The summed E-state index contributed by atoms with van der Waals surface area (Å²) in [7, 11) is 0. The van der Waals surface area contributed by atoms with E-state index in [0.717, 1.165) is 0 Å². The van der Waals surface area contributed by atoms with E-state index in [-0.39, 0.29) is 24.8 Å². The first-order valence-corrected chi connectivity index (χ1v) is 24.4. The second-order valence-electron chi connectivity index (χ2n) is 7.62. The molecule has 2 aliphatic rings. The fourth-order valence-corrected chi connectivity index (χ4v) is 23.8. The van der Waals surface area contributed by atoms with Crippen molar-refractivity contribution in [1.29, 1.82) is 0 Å². The topological polar surface area (TPSA) is 0 Å². The van der Waals surface area contributed by atoms with E-state index in [1.54, 1.807) is 0 Å². The number of hydrogen-bond acceptors (Lipinski definition) is 0. The van der Waals surface area contributed by atoms with Gasteiger partial charge in [-0.15, -0.1) is 0 Å². The third kappa shape index (κ3) is 5.82. The molecule has 0 saturated heterocycles. The van der Waals surface area contributed by atoms with E-state index >= 15 is 0 Å². The molecule has 0 bridgehead atoms. The maximum absolute atomic E-state index is 2.55. The number of hydrogen-bond donors (Lipinski definition) is 0. The molecule has 0 atom stereocenters. The summed E-state index contributed by atoms with van der Waals surface area (Å²) in [6.07, 6.45) is 12.4. The van der Waals surface area contributed by atoms with Crippen LogP contribution in [-0.4, -0.2) is 26.5 Å². The van der Waals surface area contributed by atoms with Crippen LogP contribution in [-0.2, 0) is 23.2 Å². The fourth-order valence-electron chi connectivity index (χ4n) is 2.83. The molecule has 0 aromatic heterocycles. The molecule has 0 N–H and O–H groups in total. The van der Waals surface area contributed by atoms with Gasteiger partial charge < -0.3 is 24.8 Å². The Kier molecular flexibility index (Phi) is 9.18. The zero-order valence-corrected chi connectivity index (χ0v) is 22.1. The molecule has 0 saturated carbocycles. The summed E-state index contributed by atoms with van der Waals surface area (Å²) in [5, 5.41) is 0. The van der Waals surface area contributed by atoms with Crippen molar-refractivity contribution in [3.8, 4) is 0 Å². The van der Waals surface area contributed by atoms with Crippen LogP contribution < -0.4 is 24.8 Å². The Bertz CT molecular complexity index is 457. The molecule has 5 heteroatoms. The number of rotatable bonds is 4. The van der Waals surface area contributed by atoms with Crippen molar-refractivity contribution < 1.29 is 48.0 Å². The molecule has 0 radical (unpaired) electrons. The van der Waals surface area contributed by atoms with Crippen LogP contribution in [0.25, 0.3) is 0 Å². The van der Waals surface area contributed by atoms with E-state index in [1.807, 2.05) is 15.4 Å². The van der Waals surface area contributed by atoms with Crippen LogP contribution in [0.4, 0.5) is 0 Å². The first-order chi connectivity index (χ1) is 8.69. The van der Waals surface area contributed by atoms with Gasteiger partial charge in [-0.3, -0.25) is 0 Å². The number of halogens is 2. The summed E-state index contributed by atoms with van der Waals surface area (Å²) in [5.41, 5.74) is 0. The van der Waals surface area contributed by atoms with Crippen molar-refractivity contribution in [3.05, 3.63) is 39.7 Å². The molecular formula is C16H26Cl2Ge2Zr. The summed E-state index contributed by atoms with van der Waals surface area (Å²) < 4.78 is 7.51. The van der Waals surface area contributed by atoms with Crippen molar-refractivity contribution in [1.82, 2.24) is 0 Å². The molecule has 0 fully saturated rings. The van der Waals surface area contributed by atoms with Crippen molar-refractivity contribution in [2.75, 3.05) is 0 Å². The van der Waals surface area contributed by atoms with Gasteiger partial charge in [0.15, 0.2) is 0 Å². The van der Waals surface area contributed by atoms with Crippen LogP contribution in [0.5, 0.6) is 0 Å². The predicted octanol–water partition coefficient (Wildman–Crippen LogP) is -0.740. The Balaban J connectivity index is 0.00000200. The van der Waals surface area contributed by atoms with E-state index in [4.69, 9.17) is 0 Å². The molecule has 0 amide bonds. The van der Waals surface area contributed by atoms with Crippen molar-refractivity contribution in [2.45, 2.75) is 47.4 Å². The van der Waals surface area contributed by atoms with Gasteiger partial charge in [0.25, 0.3) is 0 Å². The normalized spacial score (nSPS) is 17.8. The van der Waals surface area contributed by atoms with E-state index < -0.39 is 49.8 Å². The SMILES string of the molecule is [CH3][Ge]([CH3])([CH3])[C]1=[C]([Zr+2][C]2=[C]([Ge]([CH3])([CH3])[CH3])C=CC2)CC=C1.[Cl-].[Cl-]. The molecule has 0 heterocycles. The third-order valence-corrected chi connectivity index (χ3v) is 18.9. The summed E-state index contributed by atoms with van der Waals surface area (Å²) in [6, 6.07) is 0.